The van der Waals surface area contributed by atoms with Crippen molar-refractivity contribution >= 4 is 41.7 Å². The van der Waals surface area contributed by atoms with Crippen LogP contribution in [0, 0.1) is 5.92 Å². The topological polar surface area (TPSA) is 34.1 Å². The number of alkyl halides is 1. The van der Waals surface area contributed by atoms with Crippen LogP contribution in [0.25, 0.3) is 0 Å². The Kier molecular flexibility index (Phi) is 5.47. The second-order valence-corrected chi connectivity index (χ2v) is 7.14. The van der Waals surface area contributed by atoms with E-state index in [1.165, 1.54) is 0 Å². The van der Waals surface area contributed by atoms with Crippen LogP contribution < -0.4 is 0 Å². The lowest BCUT2D eigenvalue weighted by Crippen LogP contribution is -2.17. The maximum absolute atomic E-state index is 12.1. The van der Waals surface area contributed by atoms with E-state index >= 15 is 0 Å². The van der Waals surface area contributed by atoms with Crippen LogP contribution in [0.15, 0.2) is 33.6 Å². The van der Waals surface area contributed by atoms with Crippen LogP contribution in [0.3, 0.4) is 0 Å². The summed E-state index contributed by atoms with van der Waals surface area (Å²) in [5.74, 6) is 0.356. The lowest BCUT2D eigenvalue weighted by molar-refractivity contribution is 0.568. The number of rotatable bonds is 5. The second kappa shape index (κ2) is 6.17. The molecule has 1 unspecified atom stereocenters. The molecule has 0 bridgehead atoms. The van der Waals surface area contributed by atoms with Gasteiger partial charge >= 0.3 is 0 Å². The predicted octanol–water partition coefficient (Wildman–Crippen LogP) is 3.64. The van der Waals surface area contributed by atoms with Crippen LogP contribution in [-0.4, -0.2) is 19.5 Å². The molecule has 0 aliphatic rings. The minimum absolute atomic E-state index is 0.164. The van der Waals surface area contributed by atoms with Gasteiger partial charge in [-0.1, -0.05) is 41.4 Å². The number of sulfone groups is 1. The maximum atomic E-state index is 12.1. The summed E-state index contributed by atoms with van der Waals surface area (Å²) in [7, 11) is -3.19. The smallest absolute Gasteiger partial charge is 0.179 e. The van der Waals surface area contributed by atoms with E-state index in [1.54, 1.807) is 18.2 Å². The number of halogens is 2. The fourth-order valence-electron chi connectivity index (χ4n) is 1.37. The van der Waals surface area contributed by atoms with Crippen LogP contribution in [0.1, 0.15) is 13.3 Å². The molecule has 1 aromatic carbocycles. The molecule has 0 aliphatic heterocycles. The van der Waals surface area contributed by atoms with Crippen molar-refractivity contribution in [2.45, 2.75) is 18.2 Å². The lowest BCUT2D eigenvalue weighted by Gasteiger charge is -2.12. The molecule has 5 heteroatoms. The van der Waals surface area contributed by atoms with Gasteiger partial charge in [0.2, 0.25) is 0 Å². The monoisotopic (exact) mass is 368 g/mol. The molecule has 0 saturated heterocycles. The van der Waals surface area contributed by atoms with Gasteiger partial charge in [-0.25, -0.2) is 8.42 Å². The molecule has 0 fully saturated rings. The first-order valence-corrected chi connectivity index (χ1v) is 8.61. The third-order valence-corrected chi connectivity index (χ3v) is 6.23. The summed E-state index contributed by atoms with van der Waals surface area (Å²) >= 11 is 6.62. The van der Waals surface area contributed by atoms with Crippen molar-refractivity contribution in [3.05, 3.63) is 28.7 Å². The van der Waals surface area contributed by atoms with Crippen molar-refractivity contribution in [2.24, 2.45) is 5.92 Å². The van der Waals surface area contributed by atoms with E-state index in [9.17, 15) is 8.42 Å². The lowest BCUT2D eigenvalue weighted by atomic mass is 10.2. The van der Waals surface area contributed by atoms with E-state index in [0.717, 1.165) is 6.42 Å². The average Bonchev–Trinajstić information content (AvgIpc) is 2.26. The van der Waals surface area contributed by atoms with Crippen molar-refractivity contribution in [3.8, 4) is 0 Å². The molecule has 0 N–H and O–H groups in total. The second-order valence-electron chi connectivity index (χ2n) is 3.64. The third-order valence-electron chi connectivity index (χ3n) is 2.42. The van der Waals surface area contributed by atoms with Crippen molar-refractivity contribution in [3.63, 3.8) is 0 Å². The summed E-state index contributed by atoms with van der Waals surface area (Å²) in [6.07, 6.45) is 0.856. The van der Waals surface area contributed by atoms with Gasteiger partial charge in [-0.05, 0) is 34.0 Å². The Morgan fingerprint density at radius 2 is 1.94 bits per heavy atom. The van der Waals surface area contributed by atoms with Gasteiger partial charge in [0.15, 0.2) is 9.84 Å². The van der Waals surface area contributed by atoms with Crippen molar-refractivity contribution < 1.29 is 8.42 Å². The molecular formula is C11H14Br2O2S. The molecule has 0 heterocycles. The Morgan fingerprint density at radius 3 is 2.44 bits per heavy atom. The normalized spacial score (nSPS) is 13.7. The predicted molar refractivity (Wildman–Crippen MR) is 73.8 cm³/mol. The van der Waals surface area contributed by atoms with Gasteiger partial charge in [0.05, 0.1) is 10.6 Å². The van der Waals surface area contributed by atoms with Gasteiger partial charge in [0.1, 0.15) is 0 Å². The van der Waals surface area contributed by atoms with Crippen LogP contribution in [-0.2, 0) is 9.84 Å². The van der Waals surface area contributed by atoms with E-state index in [-0.39, 0.29) is 11.7 Å². The Hall–Kier alpha value is 0.130. The average molecular weight is 370 g/mol. The van der Waals surface area contributed by atoms with E-state index in [2.05, 4.69) is 31.9 Å². The first-order chi connectivity index (χ1) is 7.51. The van der Waals surface area contributed by atoms with Gasteiger partial charge in [0, 0.05) is 9.80 Å². The standard InChI is InChI=1S/C11H14Br2O2S/c1-2-9(7-12)8-16(14,15)11-6-4-3-5-10(11)13/h3-6,9H,2,7-8H2,1H3. The van der Waals surface area contributed by atoms with Gasteiger partial charge in [-0.3, -0.25) is 0 Å². The summed E-state index contributed by atoms with van der Waals surface area (Å²) < 4.78 is 24.9. The molecule has 0 spiro atoms. The third kappa shape index (κ3) is 3.57. The summed E-state index contributed by atoms with van der Waals surface area (Å²) in [5.41, 5.74) is 0. The zero-order valence-corrected chi connectivity index (χ0v) is 13.0. The fourth-order valence-corrected chi connectivity index (χ4v) is 5.19. The van der Waals surface area contributed by atoms with Gasteiger partial charge in [-0.15, -0.1) is 0 Å². The quantitative estimate of drug-likeness (QED) is 0.742. The molecule has 0 radical (unpaired) electrons. The van der Waals surface area contributed by atoms with Crippen LogP contribution in [0.2, 0.25) is 0 Å². The summed E-state index contributed by atoms with van der Waals surface area (Å²) in [5, 5.41) is 0.715. The number of hydrogen-bond donors (Lipinski definition) is 0. The van der Waals surface area contributed by atoms with E-state index in [0.29, 0.717) is 14.7 Å². The molecule has 0 aromatic heterocycles. The zero-order valence-electron chi connectivity index (χ0n) is 8.99. The molecule has 1 aromatic rings. The molecule has 90 valence electrons. The van der Waals surface area contributed by atoms with Crippen LogP contribution >= 0.6 is 31.9 Å². The summed E-state index contributed by atoms with van der Waals surface area (Å²) in [6, 6.07) is 6.94. The number of hydrogen-bond acceptors (Lipinski definition) is 2. The molecule has 1 rings (SSSR count). The molecule has 2 nitrogen and oxygen atoms in total. The summed E-state index contributed by atoms with van der Waals surface area (Å²) in [6.45, 7) is 2.00. The van der Waals surface area contributed by atoms with E-state index < -0.39 is 9.84 Å². The maximum Gasteiger partial charge on any atom is 0.179 e. The highest BCUT2D eigenvalue weighted by molar-refractivity contribution is 9.10. The summed E-state index contributed by atoms with van der Waals surface area (Å²) in [4.78, 5) is 0.384. The van der Waals surface area contributed by atoms with Gasteiger partial charge < -0.3 is 0 Å². The van der Waals surface area contributed by atoms with E-state index in [1.807, 2.05) is 13.0 Å². The fraction of sp³-hybridized carbons (Fsp3) is 0.455. The highest BCUT2D eigenvalue weighted by Gasteiger charge is 2.21. The molecule has 1 atom stereocenters. The highest BCUT2D eigenvalue weighted by atomic mass is 79.9. The largest absolute Gasteiger partial charge is 0.224 e. The minimum Gasteiger partial charge on any atom is -0.224 e. The Balaban J connectivity index is 2.99. The Labute approximate surface area is 114 Å². The Bertz CT molecular complexity index is 439. The molecular weight excluding hydrogens is 356 g/mol. The molecule has 0 saturated carbocycles. The first kappa shape index (κ1) is 14.2. The first-order valence-electron chi connectivity index (χ1n) is 5.04. The van der Waals surface area contributed by atoms with Crippen molar-refractivity contribution in [1.29, 1.82) is 0 Å². The Morgan fingerprint density at radius 1 is 1.31 bits per heavy atom. The molecule has 0 amide bonds. The molecule has 16 heavy (non-hydrogen) atoms. The van der Waals surface area contributed by atoms with Gasteiger partial charge in [-0.2, -0.15) is 0 Å². The van der Waals surface area contributed by atoms with Crippen LogP contribution in [0.5, 0.6) is 0 Å². The zero-order chi connectivity index (χ0) is 12.2. The van der Waals surface area contributed by atoms with E-state index in [4.69, 9.17) is 0 Å². The SMILES string of the molecule is CCC(CBr)CS(=O)(=O)c1ccccc1Br. The van der Waals surface area contributed by atoms with Crippen LogP contribution in [0.4, 0.5) is 0 Å². The van der Waals surface area contributed by atoms with Gasteiger partial charge in [0.25, 0.3) is 0 Å². The van der Waals surface area contributed by atoms with Crippen molar-refractivity contribution in [1.82, 2.24) is 0 Å². The minimum atomic E-state index is -3.19. The van der Waals surface area contributed by atoms with Crippen molar-refractivity contribution in [2.75, 3.05) is 11.1 Å². The highest BCUT2D eigenvalue weighted by Crippen LogP contribution is 2.24. The number of benzene rings is 1. The molecule has 0 aliphatic carbocycles.